The maximum atomic E-state index is 9.55. The molecule has 3 nitrogen and oxygen atoms in total. The topological polar surface area (TPSA) is 49.4 Å². The molecule has 7 heavy (non-hydrogen) atoms. The van der Waals surface area contributed by atoms with Gasteiger partial charge in [-0.1, -0.05) is 15.9 Å². The van der Waals surface area contributed by atoms with E-state index in [-0.39, 0.29) is 6.61 Å². The third-order valence-electron chi connectivity index (χ3n) is 0.274. The van der Waals surface area contributed by atoms with Crippen LogP contribution in [0.5, 0.6) is 0 Å². The molecule has 0 amide bonds. The zero-order valence-electron chi connectivity index (χ0n) is 3.46. The van der Waals surface area contributed by atoms with E-state index in [1.807, 2.05) is 0 Å². The van der Waals surface area contributed by atoms with E-state index in [1.54, 1.807) is 0 Å². The van der Waals surface area contributed by atoms with E-state index < -0.39 is 8.25 Å². The van der Waals surface area contributed by atoms with E-state index in [1.165, 1.54) is 0 Å². The maximum Gasteiger partial charge on any atom is 0.488 e. The minimum Gasteiger partial charge on any atom is -0.566 e. The SMILES string of the molecule is O=[P+]([O-])OCCBr. The second-order valence-corrected chi connectivity index (χ2v) is 2.24. The monoisotopic (exact) mass is 186 g/mol. The van der Waals surface area contributed by atoms with Crippen LogP contribution in [0.1, 0.15) is 0 Å². The van der Waals surface area contributed by atoms with Crippen molar-refractivity contribution in [2.24, 2.45) is 0 Å². The third kappa shape index (κ3) is 6.50. The summed E-state index contributed by atoms with van der Waals surface area (Å²) in [5.41, 5.74) is 0. The van der Waals surface area contributed by atoms with Crippen LogP contribution in [-0.4, -0.2) is 11.9 Å². The summed E-state index contributed by atoms with van der Waals surface area (Å²) < 4.78 is 13.6. The minimum atomic E-state index is -2.64. The van der Waals surface area contributed by atoms with Crippen LogP contribution in [0.15, 0.2) is 0 Å². The van der Waals surface area contributed by atoms with Crippen LogP contribution in [-0.2, 0) is 9.09 Å². The normalized spacial score (nSPS) is 11.4. The number of hydrogen-bond donors (Lipinski definition) is 0. The lowest BCUT2D eigenvalue weighted by Crippen LogP contribution is -1.93. The lowest BCUT2D eigenvalue weighted by atomic mass is 10.9. The van der Waals surface area contributed by atoms with Gasteiger partial charge in [-0.2, -0.15) is 0 Å². The lowest BCUT2D eigenvalue weighted by Gasteiger charge is -1.82. The molecule has 42 valence electrons. The summed E-state index contributed by atoms with van der Waals surface area (Å²) in [4.78, 5) is 9.55. The first kappa shape index (κ1) is 7.50. The van der Waals surface area contributed by atoms with Crippen molar-refractivity contribution in [2.75, 3.05) is 11.9 Å². The van der Waals surface area contributed by atoms with Crippen molar-refractivity contribution in [1.29, 1.82) is 0 Å². The first-order chi connectivity index (χ1) is 3.27. The molecule has 1 atom stereocenters. The van der Waals surface area contributed by atoms with Crippen LogP contribution in [0.3, 0.4) is 0 Å². The van der Waals surface area contributed by atoms with Crippen molar-refractivity contribution in [1.82, 2.24) is 0 Å². The molecule has 0 aliphatic carbocycles. The summed E-state index contributed by atoms with van der Waals surface area (Å²) in [5, 5.41) is 0.552. The molecule has 0 aromatic rings. The highest BCUT2D eigenvalue weighted by atomic mass is 79.9. The van der Waals surface area contributed by atoms with Gasteiger partial charge in [0.1, 0.15) is 6.61 Å². The van der Waals surface area contributed by atoms with Gasteiger partial charge in [0, 0.05) is 5.33 Å². The summed E-state index contributed by atoms with van der Waals surface area (Å²) in [7, 11) is -2.64. The smallest absolute Gasteiger partial charge is 0.488 e. The maximum absolute atomic E-state index is 9.55. The van der Waals surface area contributed by atoms with E-state index in [0.29, 0.717) is 5.33 Å². The van der Waals surface area contributed by atoms with Gasteiger partial charge in [0.05, 0.1) is 0 Å². The zero-order chi connectivity index (χ0) is 5.70. The van der Waals surface area contributed by atoms with Crippen LogP contribution in [0.4, 0.5) is 0 Å². The third-order valence-corrected chi connectivity index (χ3v) is 0.991. The molecule has 1 unspecified atom stereocenters. The highest BCUT2D eigenvalue weighted by Gasteiger charge is 1.96. The second kappa shape index (κ2) is 4.65. The summed E-state index contributed by atoms with van der Waals surface area (Å²) in [6, 6.07) is 0. The summed E-state index contributed by atoms with van der Waals surface area (Å²) in [6.07, 6.45) is 0. The molecule has 0 spiro atoms. The molecule has 0 heterocycles. The number of rotatable bonds is 3. The van der Waals surface area contributed by atoms with Crippen LogP contribution in [0.2, 0.25) is 0 Å². The van der Waals surface area contributed by atoms with Crippen molar-refractivity contribution >= 4 is 24.2 Å². The predicted molar refractivity (Wildman–Crippen MR) is 27.4 cm³/mol. The van der Waals surface area contributed by atoms with Gasteiger partial charge in [-0.15, -0.1) is 4.52 Å². The van der Waals surface area contributed by atoms with Gasteiger partial charge < -0.3 is 4.89 Å². The summed E-state index contributed by atoms with van der Waals surface area (Å²) >= 11 is 2.99. The molecular weight excluding hydrogens is 183 g/mol. The molecule has 0 aromatic heterocycles. The first-order valence-electron chi connectivity index (χ1n) is 1.60. The Hall–Kier alpha value is 0.500. The molecule has 0 saturated carbocycles. The second-order valence-electron chi connectivity index (χ2n) is 0.746. The molecule has 0 radical (unpaired) electrons. The van der Waals surface area contributed by atoms with Crippen LogP contribution < -0.4 is 4.89 Å². The molecule has 0 bridgehead atoms. The molecule has 0 rings (SSSR count). The first-order valence-corrected chi connectivity index (χ1v) is 3.82. The molecule has 0 aromatic carbocycles. The fourth-order valence-corrected chi connectivity index (χ4v) is 0.761. The Kier molecular flexibility index (Phi) is 4.99. The largest absolute Gasteiger partial charge is 0.566 e. The summed E-state index contributed by atoms with van der Waals surface area (Å²) in [5.74, 6) is 0. The molecule has 0 aliphatic heterocycles. The number of halogens is 1. The van der Waals surface area contributed by atoms with E-state index in [4.69, 9.17) is 0 Å². The number of alkyl halides is 1. The Morgan fingerprint density at radius 3 is 2.57 bits per heavy atom. The predicted octanol–water partition coefficient (Wildman–Crippen LogP) is 0.416. The van der Waals surface area contributed by atoms with E-state index in [9.17, 15) is 9.46 Å². The van der Waals surface area contributed by atoms with Gasteiger partial charge in [-0.05, 0) is 4.57 Å². The fourth-order valence-electron chi connectivity index (χ4n) is 0.109. The van der Waals surface area contributed by atoms with Gasteiger partial charge in [-0.25, -0.2) is 0 Å². The Morgan fingerprint density at radius 2 is 2.43 bits per heavy atom. The van der Waals surface area contributed by atoms with E-state index in [0.717, 1.165) is 0 Å². The lowest BCUT2D eigenvalue weighted by molar-refractivity contribution is -0.185. The van der Waals surface area contributed by atoms with Gasteiger partial charge in [-0.3, -0.25) is 0 Å². The van der Waals surface area contributed by atoms with Crippen molar-refractivity contribution < 1.29 is 14.0 Å². The van der Waals surface area contributed by atoms with Crippen molar-refractivity contribution in [3.8, 4) is 0 Å². The average Bonchev–Trinajstić information content (AvgIpc) is 1.61. The minimum absolute atomic E-state index is 0.221. The molecule has 0 aliphatic rings. The molecule has 0 N–H and O–H groups in total. The molecule has 5 heteroatoms. The Balaban J connectivity index is 2.82. The van der Waals surface area contributed by atoms with Crippen LogP contribution in [0, 0.1) is 0 Å². The van der Waals surface area contributed by atoms with Gasteiger partial charge >= 0.3 is 8.25 Å². The molecule has 0 saturated heterocycles. The van der Waals surface area contributed by atoms with E-state index >= 15 is 0 Å². The highest BCUT2D eigenvalue weighted by Crippen LogP contribution is 2.07. The quantitative estimate of drug-likeness (QED) is 0.475. The Morgan fingerprint density at radius 1 is 1.86 bits per heavy atom. The van der Waals surface area contributed by atoms with Crippen LogP contribution >= 0.6 is 24.2 Å². The van der Waals surface area contributed by atoms with Crippen molar-refractivity contribution in [3.63, 3.8) is 0 Å². The Bertz CT molecular complexity index is 66.0. The highest BCUT2D eigenvalue weighted by molar-refractivity contribution is 9.09. The van der Waals surface area contributed by atoms with Gasteiger partial charge in [0.2, 0.25) is 0 Å². The van der Waals surface area contributed by atoms with Crippen LogP contribution in [0.25, 0.3) is 0 Å². The number of hydrogen-bond acceptors (Lipinski definition) is 3. The van der Waals surface area contributed by atoms with Crippen molar-refractivity contribution in [3.05, 3.63) is 0 Å². The standard InChI is InChI=1S/C2H4BrO3P/c3-1-2-6-7(4)5/h1-2H2. The molecular formula is C2H4BrO3P. The zero-order valence-corrected chi connectivity index (χ0v) is 5.94. The Labute approximate surface area is 50.8 Å². The molecule has 0 fully saturated rings. The fraction of sp³-hybridized carbons (Fsp3) is 1.00. The summed E-state index contributed by atoms with van der Waals surface area (Å²) in [6.45, 7) is 0.221. The average molecular weight is 187 g/mol. The van der Waals surface area contributed by atoms with Gasteiger partial charge in [0.25, 0.3) is 0 Å². The van der Waals surface area contributed by atoms with E-state index in [2.05, 4.69) is 20.5 Å². The van der Waals surface area contributed by atoms with Gasteiger partial charge in [0.15, 0.2) is 0 Å². The van der Waals surface area contributed by atoms with Crippen molar-refractivity contribution in [2.45, 2.75) is 0 Å².